The van der Waals surface area contributed by atoms with E-state index in [-0.39, 0.29) is 0 Å². The van der Waals surface area contributed by atoms with E-state index in [0.717, 1.165) is 16.3 Å². The molecule has 16 heavy (non-hydrogen) atoms. The van der Waals surface area contributed by atoms with Crippen molar-refractivity contribution in [2.24, 2.45) is 0 Å². The van der Waals surface area contributed by atoms with Crippen molar-refractivity contribution in [1.29, 1.82) is 0 Å². The Kier molecular flexibility index (Phi) is 2.86. The van der Waals surface area contributed by atoms with E-state index in [1.54, 1.807) is 12.4 Å². The van der Waals surface area contributed by atoms with Crippen molar-refractivity contribution < 1.29 is 9.90 Å². The van der Waals surface area contributed by atoms with Crippen LogP contribution in [0.3, 0.4) is 0 Å². The van der Waals surface area contributed by atoms with Gasteiger partial charge >= 0.3 is 5.97 Å². The number of pyridine rings is 1. The van der Waals surface area contributed by atoms with Gasteiger partial charge in [0, 0.05) is 17.8 Å². The number of hydrogen-bond donors (Lipinski definition) is 1. The summed E-state index contributed by atoms with van der Waals surface area (Å²) in [5, 5.41) is 11.1. The molecule has 82 valence electrons. The van der Waals surface area contributed by atoms with Gasteiger partial charge < -0.3 is 5.11 Å². The summed E-state index contributed by atoms with van der Waals surface area (Å²) in [5.41, 5.74) is 0.870. The Hall–Kier alpha value is -1.90. The van der Waals surface area contributed by atoms with Crippen LogP contribution in [0.4, 0.5) is 0 Å². The maximum absolute atomic E-state index is 11.2. The molecule has 0 bridgehead atoms. The second-order valence-corrected chi connectivity index (χ2v) is 3.74. The first-order valence-corrected chi connectivity index (χ1v) is 5.29. The van der Waals surface area contributed by atoms with E-state index in [0.29, 0.717) is 6.42 Å². The van der Waals surface area contributed by atoms with Crippen LogP contribution in [0.1, 0.15) is 24.8 Å². The highest BCUT2D eigenvalue weighted by Gasteiger charge is 2.19. The van der Waals surface area contributed by atoms with Crippen molar-refractivity contribution in [1.82, 2.24) is 4.98 Å². The fraction of sp³-hybridized carbons (Fsp3) is 0.231. The normalized spacial score (nSPS) is 12.6. The zero-order chi connectivity index (χ0) is 11.5. The molecular formula is C13H13NO2. The van der Waals surface area contributed by atoms with Gasteiger partial charge in [0.05, 0.1) is 5.92 Å². The molecule has 1 aromatic heterocycles. The molecule has 0 fully saturated rings. The van der Waals surface area contributed by atoms with Gasteiger partial charge in [-0.05, 0) is 23.4 Å². The number of benzene rings is 1. The third-order valence-electron chi connectivity index (χ3n) is 2.80. The summed E-state index contributed by atoms with van der Waals surface area (Å²) >= 11 is 0. The van der Waals surface area contributed by atoms with Crippen LogP contribution in [0.5, 0.6) is 0 Å². The van der Waals surface area contributed by atoms with E-state index in [1.165, 1.54) is 0 Å². The second kappa shape index (κ2) is 4.31. The number of carboxylic acid groups (broad SMARTS) is 1. The molecule has 0 aliphatic carbocycles. The first-order chi connectivity index (χ1) is 7.74. The highest BCUT2D eigenvalue weighted by atomic mass is 16.4. The molecule has 3 nitrogen and oxygen atoms in total. The standard InChI is InChI=1S/C13H13NO2/c1-2-10(13(15)16)12-5-3-4-9-8-14-7-6-11(9)12/h3-8,10H,2H2,1H3,(H,15,16). The van der Waals surface area contributed by atoms with Crippen LogP contribution in [-0.4, -0.2) is 16.1 Å². The summed E-state index contributed by atoms with van der Waals surface area (Å²) in [6.45, 7) is 1.89. The number of hydrogen-bond acceptors (Lipinski definition) is 2. The molecule has 0 saturated carbocycles. The Bertz CT molecular complexity index is 517. The number of aliphatic carboxylic acids is 1. The van der Waals surface area contributed by atoms with E-state index < -0.39 is 11.9 Å². The molecule has 0 saturated heterocycles. The summed E-state index contributed by atoms with van der Waals surface area (Å²) in [5.74, 6) is -1.21. The van der Waals surface area contributed by atoms with E-state index in [2.05, 4.69) is 4.98 Å². The van der Waals surface area contributed by atoms with Gasteiger partial charge in [0.2, 0.25) is 0 Å². The molecule has 1 aromatic carbocycles. The molecule has 1 unspecified atom stereocenters. The van der Waals surface area contributed by atoms with Crippen molar-refractivity contribution in [3.8, 4) is 0 Å². The molecule has 1 N–H and O–H groups in total. The lowest BCUT2D eigenvalue weighted by atomic mass is 9.92. The van der Waals surface area contributed by atoms with Crippen LogP contribution < -0.4 is 0 Å². The smallest absolute Gasteiger partial charge is 0.310 e. The Balaban J connectivity index is 2.63. The largest absolute Gasteiger partial charge is 0.481 e. The molecule has 0 aliphatic rings. The van der Waals surface area contributed by atoms with Gasteiger partial charge in [-0.2, -0.15) is 0 Å². The molecular weight excluding hydrogens is 202 g/mol. The number of carboxylic acids is 1. The lowest BCUT2D eigenvalue weighted by Crippen LogP contribution is -2.10. The van der Waals surface area contributed by atoms with Crippen molar-refractivity contribution >= 4 is 16.7 Å². The number of fused-ring (bicyclic) bond motifs is 1. The monoisotopic (exact) mass is 215 g/mol. The van der Waals surface area contributed by atoms with Crippen LogP contribution in [-0.2, 0) is 4.79 Å². The van der Waals surface area contributed by atoms with E-state index >= 15 is 0 Å². The van der Waals surface area contributed by atoms with Crippen LogP contribution >= 0.6 is 0 Å². The molecule has 3 heteroatoms. The van der Waals surface area contributed by atoms with Gasteiger partial charge in [0.15, 0.2) is 0 Å². The summed E-state index contributed by atoms with van der Waals surface area (Å²) in [6, 6.07) is 7.58. The Labute approximate surface area is 93.7 Å². The third-order valence-corrected chi connectivity index (χ3v) is 2.80. The number of aromatic nitrogens is 1. The molecule has 0 aliphatic heterocycles. The first kappa shape index (κ1) is 10.6. The van der Waals surface area contributed by atoms with Gasteiger partial charge in [-0.25, -0.2) is 0 Å². The predicted octanol–water partition coefficient (Wildman–Crippen LogP) is 2.81. The van der Waals surface area contributed by atoms with Crippen molar-refractivity contribution in [2.75, 3.05) is 0 Å². The van der Waals surface area contributed by atoms with Gasteiger partial charge in [-0.15, -0.1) is 0 Å². The SMILES string of the molecule is CCC(C(=O)O)c1cccc2cnccc12. The van der Waals surface area contributed by atoms with E-state index in [9.17, 15) is 9.90 Å². The van der Waals surface area contributed by atoms with Crippen molar-refractivity contribution in [3.05, 3.63) is 42.2 Å². The number of rotatable bonds is 3. The average Bonchev–Trinajstić information content (AvgIpc) is 2.30. The van der Waals surface area contributed by atoms with Gasteiger partial charge in [-0.1, -0.05) is 25.1 Å². The highest BCUT2D eigenvalue weighted by Crippen LogP contribution is 2.27. The van der Waals surface area contributed by atoms with Gasteiger partial charge in [-0.3, -0.25) is 9.78 Å². The Morgan fingerprint density at radius 1 is 1.44 bits per heavy atom. The molecule has 2 rings (SSSR count). The number of carbonyl (C=O) groups is 1. The average molecular weight is 215 g/mol. The zero-order valence-corrected chi connectivity index (χ0v) is 9.05. The third kappa shape index (κ3) is 1.76. The zero-order valence-electron chi connectivity index (χ0n) is 9.05. The van der Waals surface area contributed by atoms with Crippen LogP contribution in [0.15, 0.2) is 36.7 Å². The van der Waals surface area contributed by atoms with E-state index in [4.69, 9.17) is 0 Å². The van der Waals surface area contributed by atoms with Gasteiger partial charge in [0.1, 0.15) is 0 Å². The molecule has 0 radical (unpaired) electrons. The Morgan fingerprint density at radius 3 is 2.94 bits per heavy atom. The minimum Gasteiger partial charge on any atom is -0.481 e. The maximum Gasteiger partial charge on any atom is 0.310 e. The molecule has 1 heterocycles. The summed E-state index contributed by atoms with van der Waals surface area (Å²) in [7, 11) is 0. The molecule has 2 aromatic rings. The molecule has 0 spiro atoms. The van der Waals surface area contributed by atoms with Crippen LogP contribution in [0.25, 0.3) is 10.8 Å². The predicted molar refractivity (Wildman–Crippen MR) is 62.4 cm³/mol. The van der Waals surface area contributed by atoms with Crippen molar-refractivity contribution in [3.63, 3.8) is 0 Å². The summed E-state index contributed by atoms with van der Waals surface area (Å²) < 4.78 is 0. The minimum absolute atomic E-state index is 0.439. The molecule has 0 amide bonds. The van der Waals surface area contributed by atoms with Crippen LogP contribution in [0.2, 0.25) is 0 Å². The Morgan fingerprint density at radius 2 is 2.25 bits per heavy atom. The van der Waals surface area contributed by atoms with E-state index in [1.807, 2.05) is 31.2 Å². The molecule has 1 atom stereocenters. The number of nitrogens with zero attached hydrogens (tertiary/aromatic N) is 1. The fourth-order valence-corrected chi connectivity index (χ4v) is 1.98. The highest BCUT2D eigenvalue weighted by molar-refractivity contribution is 5.90. The van der Waals surface area contributed by atoms with Crippen LogP contribution in [0, 0.1) is 0 Å². The van der Waals surface area contributed by atoms with Gasteiger partial charge in [0.25, 0.3) is 0 Å². The second-order valence-electron chi connectivity index (χ2n) is 3.74. The minimum atomic E-state index is -0.771. The maximum atomic E-state index is 11.2. The first-order valence-electron chi connectivity index (χ1n) is 5.29. The lowest BCUT2D eigenvalue weighted by Gasteiger charge is -2.12. The summed E-state index contributed by atoms with van der Waals surface area (Å²) in [6.07, 6.45) is 4.05. The summed E-state index contributed by atoms with van der Waals surface area (Å²) in [4.78, 5) is 15.2. The fourth-order valence-electron chi connectivity index (χ4n) is 1.98. The topological polar surface area (TPSA) is 50.2 Å². The van der Waals surface area contributed by atoms with Crippen molar-refractivity contribution in [2.45, 2.75) is 19.3 Å². The quantitative estimate of drug-likeness (QED) is 0.856. The lowest BCUT2D eigenvalue weighted by molar-refractivity contribution is -0.138.